The summed E-state index contributed by atoms with van der Waals surface area (Å²) in [4.78, 5) is 33.3. The molecule has 2 aromatic carbocycles. The minimum Gasteiger partial charge on any atom is -0.382 e. The van der Waals surface area contributed by atoms with E-state index in [1.165, 1.54) is 12.2 Å². The number of imidazole rings is 1. The number of carbonyl (C=O) groups excluding carboxylic acids is 2. The fraction of sp³-hybridized carbons (Fsp3) is 0.733. The van der Waals surface area contributed by atoms with Gasteiger partial charge in [0.25, 0.3) is 0 Å². The highest BCUT2D eigenvalue weighted by atomic mass is 16.6. The van der Waals surface area contributed by atoms with Gasteiger partial charge in [0.05, 0.1) is 334 Å². The number of nitrogens with two attached hydrogens (primary N) is 1. The third-order valence-electron chi connectivity index (χ3n) is 14.6. The van der Waals surface area contributed by atoms with Crippen LogP contribution in [0.25, 0.3) is 21.9 Å². The summed E-state index contributed by atoms with van der Waals surface area (Å²) in [7, 11) is 0. The number of ether oxygens (including phenoxy) is 25. The Morgan fingerprint density at radius 1 is 0.374 bits per heavy atom. The van der Waals surface area contributed by atoms with Crippen LogP contribution in [0.5, 0.6) is 0 Å². The first kappa shape index (κ1) is 94.4. The van der Waals surface area contributed by atoms with Gasteiger partial charge in [0.1, 0.15) is 17.9 Å². The van der Waals surface area contributed by atoms with E-state index in [0.29, 0.717) is 354 Å². The van der Waals surface area contributed by atoms with E-state index >= 15 is 0 Å². The first-order chi connectivity index (χ1) is 52.8. The number of benzene rings is 2. The average Bonchev–Trinajstić information content (AvgIpc) is 1.61. The normalized spacial score (nSPS) is 12.0. The van der Waals surface area contributed by atoms with E-state index in [9.17, 15) is 9.59 Å². The van der Waals surface area contributed by atoms with Gasteiger partial charge in [-0.1, -0.05) is 48.5 Å². The molecule has 0 fully saturated rings. The van der Waals surface area contributed by atoms with Gasteiger partial charge in [0, 0.05) is 30.2 Å². The van der Waals surface area contributed by atoms with Gasteiger partial charge in [-0.15, -0.1) is 0 Å². The summed E-state index contributed by atoms with van der Waals surface area (Å²) in [5.41, 5.74) is 8.76. The molecule has 2 heterocycles. The number of ketones is 1. The predicted octanol–water partition coefficient (Wildman–Crippen LogP) is 4.44. The van der Waals surface area contributed by atoms with Crippen LogP contribution in [0, 0.1) is 0 Å². The van der Waals surface area contributed by atoms with Crippen LogP contribution in [0.1, 0.15) is 37.0 Å². The number of aromatic nitrogens is 3. The number of amides is 1. The minimum atomic E-state index is -0.526. The second-order valence-corrected chi connectivity index (χ2v) is 23.5. The maximum Gasteiger partial charge on any atom is 0.244 e. The number of carbonyl (C=O) groups is 2. The lowest BCUT2D eigenvalue weighted by Gasteiger charge is -2.27. The molecule has 4 aromatic rings. The van der Waals surface area contributed by atoms with Gasteiger partial charge in [-0.25, -0.2) is 9.97 Å². The third kappa shape index (κ3) is 52.7. The van der Waals surface area contributed by atoms with Crippen molar-refractivity contribution < 1.29 is 128 Å². The Morgan fingerprint density at radius 3 is 0.981 bits per heavy atom. The van der Waals surface area contributed by atoms with Crippen molar-refractivity contribution in [2.24, 2.45) is 0 Å². The molecule has 107 heavy (non-hydrogen) atoms. The van der Waals surface area contributed by atoms with E-state index in [-0.39, 0.29) is 11.7 Å². The van der Waals surface area contributed by atoms with Gasteiger partial charge < -0.3 is 134 Å². The van der Waals surface area contributed by atoms with Gasteiger partial charge in [0.2, 0.25) is 5.91 Å². The number of hydrogen-bond acceptors (Lipinski definition) is 30. The van der Waals surface area contributed by atoms with Gasteiger partial charge in [-0.3, -0.25) is 9.59 Å². The van der Waals surface area contributed by atoms with Crippen molar-refractivity contribution in [1.82, 2.24) is 19.9 Å². The summed E-state index contributed by atoms with van der Waals surface area (Å²) >= 11 is 0. The number of anilines is 1. The molecule has 0 unspecified atom stereocenters. The first-order valence-corrected chi connectivity index (χ1v) is 37.4. The van der Waals surface area contributed by atoms with Crippen LogP contribution in [0.15, 0.2) is 66.7 Å². The summed E-state index contributed by atoms with van der Waals surface area (Å²) < 4.78 is 142. The molecule has 0 aliphatic carbocycles. The molecule has 32 nitrogen and oxygen atoms in total. The van der Waals surface area contributed by atoms with Crippen LogP contribution in [0.3, 0.4) is 0 Å². The Morgan fingerprint density at radius 2 is 0.664 bits per heavy atom. The maximum absolute atomic E-state index is 12.0. The summed E-state index contributed by atoms with van der Waals surface area (Å²) in [6, 6.07) is 16.7. The van der Waals surface area contributed by atoms with E-state index < -0.39 is 5.60 Å². The molecule has 0 saturated carbocycles. The van der Waals surface area contributed by atoms with Crippen molar-refractivity contribution in [1.29, 1.82) is 0 Å². The fourth-order valence-corrected chi connectivity index (χ4v) is 9.28. The molecule has 32 heteroatoms. The van der Waals surface area contributed by atoms with Gasteiger partial charge in [-0.2, -0.15) is 0 Å². The Labute approximate surface area is 632 Å². The number of nitrogen functional groups attached to an aromatic ring is 1. The number of nitrogens with zero attached hydrogens (tertiary/aromatic N) is 3. The monoisotopic (exact) mass is 1530 g/mol. The Balaban J connectivity index is 0.714. The zero-order chi connectivity index (χ0) is 75.9. The highest BCUT2D eigenvalue weighted by Crippen LogP contribution is 2.31. The number of nitrogens with one attached hydrogen (secondary N) is 1. The van der Waals surface area contributed by atoms with Crippen molar-refractivity contribution in [3.63, 3.8) is 0 Å². The van der Waals surface area contributed by atoms with Crippen LogP contribution in [0.4, 0.5) is 5.82 Å². The standard InChI is InChI=1S/C75H125N5O27/c1-4-83-64-70-79-72-73(67-12-8-9-13-68(67)78-74(72)76)80(70)65-75(2,3)107-63-62-106-61-60-105-59-58-104-57-56-103-55-54-102-53-52-101-51-50-100-49-48-99-47-46-98-45-44-97-43-42-96-41-40-95-39-38-94-37-36-93-35-34-92-33-32-91-31-30-90-29-28-89-27-26-88-25-24-87-23-22-86-21-20-85-19-18-84-17-16-77-71(82)15-14-69(81)66-10-6-5-7-11-66/h5-15H,4,16-65H2,1-3H3,(H2,76,78)(H,77,82)/b15-14+. The van der Waals surface area contributed by atoms with Crippen LogP contribution in [-0.2, 0) is 136 Å². The molecular weight excluding hydrogens is 1400 g/mol. The van der Waals surface area contributed by atoms with Crippen molar-refractivity contribution in [3.05, 3.63) is 78.1 Å². The number of fused-ring (bicyclic) bond motifs is 3. The average molecular weight is 1530 g/mol. The molecule has 0 saturated heterocycles. The smallest absolute Gasteiger partial charge is 0.244 e. The first-order valence-electron chi connectivity index (χ1n) is 37.4. The molecule has 4 rings (SSSR count). The second kappa shape index (κ2) is 69.0. The quantitative estimate of drug-likeness (QED) is 0.0350. The molecule has 0 aliphatic rings. The van der Waals surface area contributed by atoms with Crippen molar-refractivity contribution in [3.8, 4) is 0 Å². The molecule has 0 radical (unpaired) electrons. The summed E-state index contributed by atoms with van der Waals surface area (Å²) in [5, 5.41) is 3.65. The highest BCUT2D eigenvalue weighted by molar-refractivity contribution is 6.08. The molecule has 3 N–H and O–H groups in total. The van der Waals surface area contributed by atoms with Crippen LogP contribution in [0.2, 0.25) is 0 Å². The molecule has 0 bridgehead atoms. The van der Waals surface area contributed by atoms with Crippen molar-refractivity contribution in [2.75, 3.05) is 329 Å². The number of para-hydroxylation sites is 1. The topological polar surface area (TPSA) is 334 Å². The molecule has 1 amide bonds. The predicted molar refractivity (Wildman–Crippen MR) is 397 cm³/mol. The zero-order valence-corrected chi connectivity index (χ0v) is 63.9. The number of pyridine rings is 1. The second-order valence-electron chi connectivity index (χ2n) is 23.5. The Hall–Kier alpha value is -5.00. The summed E-state index contributed by atoms with van der Waals surface area (Å²) in [6.45, 7) is 29.5. The summed E-state index contributed by atoms with van der Waals surface area (Å²) in [5.74, 6) is 0.588. The van der Waals surface area contributed by atoms with E-state index in [4.69, 9.17) is 129 Å². The highest BCUT2D eigenvalue weighted by Gasteiger charge is 2.25. The Kier molecular flexibility index (Phi) is 60.8. The van der Waals surface area contributed by atoms with Crippen molar-refractivity contribution >= 4 is 39.4 Å². The molecular formula is C75H125N5O27. The zero-order valence-electron chi connectivity index (χ0n) is 63.9. The number of allylic oxidation sites excluding steroid dienone is 1. The number of hydrogen-bond donors (Lipinski definition) is 2. The maximum atomic E-state index is 12.0. The van der Waals surface area contributed by atoms with Gasteiger partial charge in [-0.05, 0) is 32.9 Å². The van der Waals surface area contributed by atoms with Crippen molar-refractivity contribution in [2.45, 2.75) is 39.5 Å². The van der Waals surface area contributed by atoms with E-state index in [2.05, 4.69) is 28.7 Å². The largest absolute Gasteiger partial charge is 0.382 e. The number of rotatable bonds is 81. The molecule has 2 aromatic heterocycles. The molecule has 0 aliphatic heterocycles. The van der Waals surface area contributed by atoms with Crippen LogP contribution in [-0.4, -0.2) is 356 Å². The van der Waals surface area contributed by atoms with Crippen LogP contribution >= 0.6 is 0 Å². The van der Waals surface area contributed by atoms with Crippen LogP contribution < -0.4 is 11.1 Å². The lowest BCUT2D eigenvalue weighted by molar-refractivity contribution is -0.116. The van der Waals surface area contributed by atoms with E-state index in [1.807, 2.05) is 37.3 Å². The minimum absolute atomic E-state index is 0.228. The van der Waals surface area contributed by atoms with E-state index in [0.717, 1.165) is 22.2 Å². The van der Waals surface area contributed by atoms with Gasteiger partial charge in [0.15, 0.2) is 11.6 Å². The molecule has 0 atom stereocenters. The fourth-order valence-electron chi connectivity index (χ4n) is 9.28. The molecule has 612 valence electrons. The Bertz CT molecular complexity index is 2730. The SMILES string of the molecule is CCOCc1nc2c(N)nc3ccccc3c2n1CC(C)(C)OCCOCCOCCOCCOCCOCCOCCOCCOCCOCCOCCOCCOCCOCCOCCOCCOCCOCCOCCOCCOCCOCCOCCOCCNC(=O)/C=C/C(=O)c1ccccc1. The van der Waals surface area contributed by atoms with E-state index in [1.54, 1.807) is 24.3 Å². The summed E-state index contributed by atoms with van der Waals surface area (Å²) in [6.07, 6.45) is 2.47. The lowest BCUT2D eigenvalue weighted by Crippen LogP contribution is -2.32. The molecule has 0 spiro atoms. The lowest BCUT2D eigenvalue weighted by atomic mass is 10.1. The van der Waals surface area contributed by atoms with Gasteiger partial charge >= 0.3 is 0 Å². The third-order valence-corrected chi connectivity index (χ3v) is 14.6.